The van der Waals surface area contributed by atoms with Gasteiger partial charge in [-0.05, 0) is 6.07 Å². The topological polar surface area (TPSA) is 107 Å². The summed E-state index contributed by atoms with van der Waals surface area (Å²) in [6.07, 6.45) is 0. The molecule has 0 radical (unpaired) electrons. The Morgan fingerprint density at radius 2 is 2.10 bits per heavy atom. The Morgan fingerprint density at radius 3 is 2.85 bits per heavy atom. The number of fused-ring (bicyclic) bond motifs is 1. The molecular weight excluding hydrogens is 278 g/mol. The molecule has 0 fully saturated rings. The van der Waals surface area contributed by atoms with Gasteiger partial charge in [-0.3, -0.25) is 10.1 Å². The van der Waals surface area contributed by atoms with Crippen LogP contribution in [0.15, 0.2) is 24.3 Å². The molecule has 8 heteroatoms. The number of hydrogen-bond acceptors (Lipinski definition) is 7. The standard InChI is InChI=1S/C12H11N5O2S/c13-16-12-8-5-20-6-9(8)14-11(15-12)7-3-1-2-4-10(7)17(18)19/h1-4H,5-6,13H2,(H,14,15,16). The van der Waals surface area contributed by atoms with Crippen molar-refractivity contribution < 1.29 is 4.92 Å². The molecule has 20 heavy (non-hydrogen) atoms. The number of thioether (sulfide) groups is 1. The molecule has 3 N–H and O–H groups in total. The van der Waals surface area contributed by atoms with Crippen molar-refractivity contribution in [1.82, 2.24) is 9.97 Å². The molecule has 7 nitrogen and oxygen atoms in total. The number of nitrogens with one attached hydrogen (secondary N) is 1. The zero-order chi connectivity index (χ0) is 14.1. The average molecular weight is 289 g/mol. The van der Waals surface area contributed by atoms with Crippen LogP contribution in [0, 0.1) is 10.1 Å². The van der Waals surface area contributed by atoms with Gasteiger partial charge in [0.2, 0.25) is 0 Å². The molecule has 0 saturated heterocycles. The number of aromatic nitrogens is 2. The van der Waals surface area contributed by atoms with Crippen LogP contribution in [0.2, 0.25) is 0 Å². The molecule has 0 saturated carbocycles. The Bertz CT molecular complexity index is 692. The fourth-order valence-electron chi connectivity index (χ4n) is 2.11. The molecule has 1 aliphatic rings. The minimum atomic E-state index is -0.434. The van der Waals surface area contributed by atoms with Crippen LogP contribution in [0.4, 0.5) is 11.5 Å². The number of nitro groups is 1. The number of hydrazine groups is 1. The van der Waals surface area contributed by atoms with E-state index in [9.17, 15) is 10.1 Å². The number of nitrogens with two attached hydrogens (primary N) is 1. The summed E-state index contributed by atoms with van der Waals surface area (Å²) in [5.41, 5.74) is 4.79. The van der Waals surface area contributed by atoms with Crippen molar-refractivity contribution in [2.45, 2.75) is 11.5 Å². The smallest absolute Gasteiger partial charge is 0.280 e. The number of anilines is 1. The van der Waals surface area contributed by atoms with Gasteiger partial charge in [-0.2, -0.15) is 11.8 Å². The zero-order valence-electron chi connectivity index (χ0n) is 10.4. The summed E-state index contributed by atoms with van der Waals surface area (Å²) in [5.74, 6) is 7.91. The zero-order valence-corrected chi connectivity index (χ0v) is 11.2. The summed E-state index contributed by atoms with van der Waals surface area (Å²) in [6, 6.07) is 6.43. The molecule has 0 spiro atoms. The van der Waals surface area contributed by atoms with E-state index in [2.05, 4.69) is 15.4 Å². The molecule has 0 unspecified atom stereocenters. The van der Waals surface area contributed by atoms with Crippen molar-refractivity contribution in [3.63, 3.8) is 0 Å². The summed E-state index contributed by atoms with van der Waals surface area (Å²) in [5, 5.41) is 11.1. The normalized spacial score (nSPS) is 13.1. The molecule has 0 atom stereocenters. The first-order chi connectivity index (χ1) is 9.70. The Hall–Kier alpha value is -2.19. The second kappa shape index (κ2) is 5.06. The SMILES string of the molecule is NNc1nc(-c2ccccc2[N+](=O)[O-])nc2c1CSC2. The van der Waals surface area contributed by atoms with Crippen LogP contribution in [0.1, 0.15) is 11.3 Å². The lowest BCUT2D eigenvalue weighted by Gasteiger charge is -2.09. The van der Waals surface area contributed by atoms with Gasteiger partial charge in [0.15, 0.2) is 5.82 Å². The molecule has 0 amide bonds. The van der Waals surface area contributed by atoms with Crippen LogP contribution >= 0.6 is 11.8 Å². The summed E-state index contributed by atoms with van der Waals surface area (Å²) in [6.45, 7) is 0. The van der Waals surface area contributed by atoms with Gasteiger partial charge in [0.05, 0.1) is 16.2 Å². The van der Waals surface area contributed by atoms with E-state index in [1.54, 1.807) is 30.0 Å². The highest BCUT2D eigenvalue weighted by Gasteiger charge is 2.23. The van der Waals surface area contributed by atoms with Gasteiger partial charge < -0.3 is 5.43 Å². The predicted octanol–water partition coefficient (Wildman–Crippen LogP) is 2.08. The van der Waals surface area contributed by atoms with Gasteiger partial charge in [-0.1, -0.05) is 12.1 Å². The highest BCUT2D eigenvalue weighted by molar-refractivity contribution is 7.98. The molecule has 3 rings (SSSR count). The van der Waals surface area contributed by atoms with E-state index in [-0.39, 0.29) is 5.69 Å². The summed E-state index contributed by atoms with van der Waals surface area (Å²) >= 11 is 1.71. The number of rotatable bonds is 3. The molecule has 1 aromatic carbocycles. The van der Waals surface area contributed by atoms with E-state index in [0.717, 1.165) is 22.8 Å². The first-order valence-corrected chi connectivity index (χ1v) is 7.04. The van der Waals surface area contributed by atoms with E-state index < -0.39 is 4.92 Å². The summed E-state index contributed by atoms with van der Waals surface area (Å²) < 4.78 is 0. The van der Waals surface area contributed by atoms with Gasteiger partial charge >= 0.3 is 0 Å². The number of benzene rings is 1. The van der Waals surface area contributed by atoms with Gasteiger partial charge in [0.25, 0.3) is 5.69 Å². The van der Waals surface area contributed by atoms with Crippen molar-refractivity contribution in [3.8, 4) is 11.4 Å². The van der Waals surface area contributed by atoms with E-state index in [0.29, 0.717) is 17.2 Å². The number of nitro benzene ring substituents is 1. The Kier molecular flexibility index (Phi) is 3.25. The maximum Gasteiger partial charge on any atom is 0.280 e. The highest BCUT2D eigenvalue weighted by atomic mass is 32.2. The van der Waals surface area contributed by atoms with Crippen LogP contribution in [0.25, 0.3) is 11.4 Å². The monoisotopic (exact) mass is 289 g/mol. The minimum Gasteiger partial charge on any atom is -0.308 e. The molecule has 1 aliphatic heterocycles. The van der Waals surface area contributed by atoms with Crippen LogP contribution < -0.4 is 11.3 Å². The average Bonchev–Trinajstić information content (AvgIpc) is 2.94. The summed E-state index contributed by atoms with van der Waals surface area (Å²) in [4.78, 5) is 19.4. The van der Waals surface area contributed by atoms with Crippen LogP contribution in [0.3, 0.4) is 0 Å². The first-order valence-electron chi connectivity index (χ1n) is 5.88. The fraction of sp³-hybridized carbons (Fsp3) is 0.167. The van der Waals surface area contributed by atoms with Gasteiger partial charge in [0, 0.05) is 23.1 Å². The first kappa shape index (κ1) is 12.8. The summed E-state index contributed by atoms with van der Waals surface area (Å²) in [7, 11) is 0. The molecule has 0 aliphatic carbocycles. The van der Waals surface area contributed by atoms with Crippen LogP contribution in [-0.2, 0) is 11.5 Å². The number of nitrogens with zero attached hydrogens (tertiary/aromatic N) is 3. The molecule has 1 aromatic heterocycles. The minimum absolute atomic E-state index is 0.0129. The second-order valence-electron chi connectivity index (χ2n) is 4.23. The van der Waals surface area contributed by atoms with Crippen molar-refractivity contribution in [3.05, 3.63) is 45.6 Å². The van der Waals surface area contributed by atoms with E-state index in [4.69, 9.17) is 5.84 Å². The van der Waals surface area contributed by atoms with E-state index >= 15 is 0 Å². The van der Waals surface area contributed by atoms with E-state index in [1.807, 2.05) is 0 Å². The fourth-order valence-corrected chi connectivity index (χ4v) is 3.15. The molecule has 2 heterocycles. The number of nitrogen functional groups attached to an aromatic ring is 1. The second-order valence-corrected chi connectivity index (χ2v) is 5.22. The van der Waals surface area contributed by atoms with Gasteiger partial charge in [-0.25, -0.2) is 15.8 Å². The number of hydrogen-bond donors (Lipinski definition) is 2. The third kappa shape index (κ3) is 2.08. The molecule has 2 aromatic rings. The predicted molar refractivity (Wildman–Crippen MR) is 76.9 cm³/mol. The van der Waals surface area contributed by atoms with Crippen LogP contribution in [-0.4, -0.2) is 14.9 Å². The highest BCUT2D eigenvalue weighted by Crippen LogP contribution is 2.35. The van der Waals surface area contributed by atoms with Gasteiger partial charge in [0.1, 0.15) is 5.82 Å². The van der Waals surface area contributed by atoms with Crippen molar-refractivity contribution in [2.24, 2.45) is 5.84 Å². The third-order valence-corrected chi connectivity index (χ3v) is 4.03. The molecular formula is C12H11N5O2S. The maximum atomic E-state index is 11.1. The van der Waals surface area contributed by atoms with Gasteiger partial charge in [-0.15, -0.1) is 0 Å². The Balaban J connectivity index is 2.19. The van der Waals surface area contributed by atoms with E-state index in [1.165, 1.54) is 6.07 Å². The lowest BCUT2D eigenvalue weighted by atomic mass is 10.1. The Labute approximate surface area is 118 Å². The van der Waals surface area contributed by atoms with Crippen LogP contribution in [0.5, 0.6) is 0 Å². The lowest BCUT2D eigenvalue weighted by Crippen LogP contribution is -2.13. The van der Waals surface area contributed by atoms with Crippen molar-refractivity contribution >= 4 is 23.3 Å². The number of para-hydroxylation sites is 1. The quantitative estimate of drug-likeness (QED) is 0.506. The third-order valence-electron chi connectivity index (χ3n) is 3.06. The van der Waals surface area contributed by atoms with Crippen molar-refractivity contribution in [2.75, 3.05) is 5.43 Å². The molecule has 0 bridgehead atoms. The Morgan fingerprint density at radius 1 is 1.30 bits per heavy atom. The molecule has 102 valence electrons. The maximum absolute atomic E-state index is 11.1. The largest absolute Gasteiger partial charge is 0.308 e. The van der Waals surface area contributed by atoms with Crippen molar-refractivity contribution in [1.29, 1.82) is 0 Å². The lowest BCUT2D eigenvalue weighted by molar-refractivity contribution is -0.384.